The van der Waals surface area contributed by atoms with Gasteiger partial charge in [-0.3, -0.25) is 0 Å². The van der Waals surface area contributed by atoms with Crippen LogP contribution in [0.15, 0.2) is 48.1 Å². The van der Waals surface area contributed by atoms with E-state index >= 15 is 0 Å². The van der Waals surface area contributed by atoms with Crippen molar-refractivity contribution >= 4 is 0 Å². The molecule has 0 aromatic rings. The van der Waals surface area contributed by atoms with E-state index in [4.69, 9.17) is 0 Å². The minimum absolute atomic E-state index is 1.17. The van der Waals surface area contributed by atoms with Crippen LogP contribution in [0, 0.1) is 0 Å². The lowest BCUT2D eigenvalue weighted by Gasteiger charge is -2.02. The Morgan fingerprint density at radius 2 is 1.06 bits per heavy atom. The first-order chi connectivity index (χ1) is 16.1. The summed E-state index contributed by atoms with van der Waals surface area (Å²) in [6, 6.07) is 0. The van der Waals surface area contributed by atoms with Crippen LogP contribution in [0.2, 0.25) is 0 Å². The molecule has 0 nitrogen and oxygen atoms in total. The van der Waals surface area contributed by atoms with Gasteiger partial charge in [-0.25, -0.2) is 0 Å². The zero-order chi connectivity index (χ0) is 27.2. The Hall–Kier alpha value is -1.04. The zero-order valence-corrected chi connectivity index (χ0v) is 26.1. The fraction of sp³-hybridized carbons (Fsp3) is 0.758. The molecule has 0 fully saturated rings. The van der Waals surface area contributed by atoms with E-state index in [-0.39, 0.29) is 0 Å². The third-order valence-corrected chi connectivity index (χ3v) is 4.28. The third kappa shape index (κ3) is 65.2. The molecule has 0 aromatic carbocycles. The van der Waals surface area contributed by atoms with Crippen LogP contribution < -0.4 is 0 Å². The van der Waals surface area contributed by atoms with Crippen LogP contribution in [0.3, 0.4) is 0 Å². The molecule has 0 heterocycles. The monoisotopic (exact) mass is 467 g/mol. The fourth-order valence-corrected chi connectivity index (χ4v) is 2.69. The zero-order valence-electron chi connectivity index (χ0n) is 26.1. The van der Waals surface area contributed by atoms with Crippen molar-refractivity contribution in [1.29, 1.82) is 0 Å². The quantitative estimate of drug-likeness (QED) is 0.136. The van der Waals surface area contributed by atoms with Crippen LogP contribution in [0.25, 0.3) is 0 Å². The van der Waals surface area contributed by atoms with Crippen molar-refractivity contribution in [2.45, 2.75) is 167 Å². The Bertz CT molecular complexity index is 354. The average Bonchev–Trinajstić information content (AvgIpc) is 2.88. The Balaban J connectivity index is -0.0000000908. The molecule has 0 radical (unpaired) electrons. The number of unbranched alkanes of at least 4 members (excludes halogenated alkanes) is 8. The first-order valence-electron chi connectivity index (χ1n) is 14.7. The lowest BCUT2D eigenvalue weighted by molar-refractivity contribution is 0.576. The van der Waals surface area contributed by atoms with Gasteiger partial charge >= 0.3 is 0 Å². The second kappa shape index (κ2) is 57.6. The summed E-state index contributed by atoms with van der Waals surface area (Å²) in [6.45, 7) is 30.5. The summed E-state index contributed by atoms with van der Waals surface area (Å²) in [5.74, 6) is 0. The Kier molecular flexibility index (Phi) is 79.4. The largest absolute Gasteiger partial charge is 0.100 e. The van der Waals surface area contributed by atoms with E-state index in [2.05, 4.69) is 71.6 Å². The molecule has 0 saturated heterocycles. The van der Waals surface area contributed by atoms with Crippen LogP contribution in [-0.4, -0.2) is 0 Å². The maximum Gasteiger partial charge on any atom is -0.0282 e. The van der Waals surface area contributed by atoms with E-state index in [1.54, 1.807) is 0 Å². The van der Waals surface area contributed by atoms with E-state index in [0.717, 1.165) is 0 Å². The van der Waals surface area contributed by atoms with Crippen LogP contribution in [0.5, 0.6) is 0 Å². The van der Waals surface area contributed by atoms with Gasteiger partial charge in [0.2, 0.25) is 0 Å². The summed E-state index contributed by atoms with van der Waals surface area (Å²) < 4.78 is 0. The summed E-state index contributed by atoms with van der Waals surface area (Å²) in [7, 11) is 0. The van der Waals surface area contributed by atoms with E-state index in [9.17, 15) is 0 Å². The summed E-state index contributed by atoms with van der Waals surface area (Å²) in [6.07, 6.45) is 27.1. The van der Waals surface area contributed by atoms with Crippen molar-refractivity contribution < 1.29 is 0 Å². The van der Waals surface area contributed by atoms with Gasteiger partial charge in [0.1, 0.15) is 0 Å². The second-order valence-corrected chi connectivity index (χ2v) is 7.01. The van der Waals surface area contributed by atoms with Crippen molar-refractivity contribution in [2.75, 3.05) is 0 Å². The number of allylic oxidation sites excluding steroid dienone is 7. The molecule has 0 spiro atoms. The number of hydrogen-bond acceptors (Lipinski definition) is 0. The SMILES string of the molecule is C/C=C\C(=C/C)CCCCCCCCCC.C=C(C)CCC/C=C\C.CC.CC.CC.CC. The topological polar surface area (TPSA) is 0 Å². The summed E-state index contributed by atoms with van der Waals surface area (Å²) in [5.41, 5.74) is 2.79. The lowest BCUT2D eigenvalue weighted by Crippen LogP contribution is -1.83. The summed E-state index contributed by atoms with van der Waals surface area (Å²) in [4.78, 5) is 0. The molecular weight excluding hydrogens is 396 g/mol. The van der Waals surface area contributed by atoms with Crippen LogP contribution in [0.1, 0.15) is 167 Å². The van der Waals surface area contributed by atoms with Crippen LogP contribution in [-0.2, 0) is 0 Å². The molecule has 0 aliphatic carbocycles. The van der Waals surface area contributed by atoms with Gasteiger partial charge in [0.15, 0.2) is 0 Å². The standard InChI is InChI=1S/C16H30.C9H16.4C2H6/c1-4-7-8-9-10-11-12-13-15-16(6-3)14-5-2;1-4-5-6-7-8-9(2)3;4*1-2/h5-6,14H,4,7-13,15H2,1-3H3;4-5H,2,6-8H2,1,3H3;4*1-2H3/b14-5-,16-6+;5-4-;;;;. The smallest absolute Gasteiger partial charge is 0.0282 e. The molecule has 33 heavy (non-hydrogen) atoms. The van der Waals surface area contributed by atoms with Gasteiger partial charge in [-0.1, -0.05) is 149 Å². The van der Waals surface area contributed by atoms with E-state index < -0.39 is 0 Å². The molecule has 0 N–H and O–H groups in total. The summed E-state index contributed by atoms with van der Waals surface area (Å²) >= 11 is 0. The van der Waals surface area contributed by atoms with Crippen LogP contribution >= 0.6 is 0 Å². The van der Waals surface area contributed by atoms with Gasteiger partial charge < -0.3 is 0 Å². The normalized spacial score (nSPS) is 9.67. The van der Waals surface area contributed by atoms with Gasteiger partial charge in [-0.05, 0) is 59.8 Å². The Morgan fingerprint density at radius 1 is 0.606 bits per heavy atom. The average molecular weight is 467 g/mol. The molecule has 0 heteroatoms. The highest BCUT2D eigenvalue weighted by Crippen LogP contribution is 2.13. The predicted octanol–water partition coefficient (Wildman–Crippen LogP) is 13.5. The van der Waals surface area contributed by atoms with Crippen molar-refractivity contribution in [3.05, 3.63) is 48.1 Å². The van der Waals surface area contributed by atoms with Crippen molar-refractivity contribution in [2.24, 2.45) is 0 Å². The molecule has 0 aliphatic rings. The second-order valence-electron chi connectivity index (χ2n) is 7.01. The maximum absolute atomic E-state index is 3.83. The minimum atomic E-state index is 1.17. The highest BCUT2D eigenvalue weighted by Gasteiger charge is 1.93. The van der Waals surface area contributed by atoms with E-state index in [1.165, 1.54) is 88.2 Å². The van der Waals surface area contributed by atoms with Gasteiger partial charge in [-0.15, -0.1) is 6.58 Å². The lowest BCUT2D eigenvalue weighted by atomic mass is 10.0. The van der Waals surface area contributed by atoms with Gasteiger partial charge in [0.05, 0.1) is 0 Å². The van der Waals surface area contributed by atoms with Gasteiger partial charge in [-0.2, -0.15) is 0 Å². The minimum Gasteiger partial charge on any atom is -0.100 e. The van der Waals surface area contributed by atoms with Crippen molar-refractivity contribution in [3.63, 3.8) is 0 Å². The molecule has 0 aromatic heterocycles. The Labute approximate surface area is 215 Å². The molecule has 0 rings (SSSR count). The molecular formula is C33H70. The van der Waals surface area contributed by atoms with Gasteiger partial charge in [0, 0.05) is 0 Å². The van der Waals surface area contributed by atoms with E-state index in [0.29, 0.717) is 0 Å². The first kappa shape index (κ1) is 45.5. The molecule has 0 aliphatic heterocycles. The predicted molar refractivity (Wildman–Crippen MR) is 165 cm³/mol. The third-order valence-electron chi connectivity index (χ3n) is 4.28. The van der Waals surface area contributed by atoms with Gasteiger partial charge in [0.25, 0.3) is 0 Å². The highest BCUT2D eigenvalue weighted by atomic mass is 14.0. The highest BCUT2D eigenvalue weighted by molar-refractivity contribution is 5.16. The van der Waals surface area contributed by atoms with Crippen LogP contribution in [0.4, 0.5) is 0 Å². The molecule has 0 unspecified atom stereocenters. The number of rotatable bonds is 14. The fourth-order valence-electron chi connectivity index (χ4n) is 2.69. The molecule has 202 valence electrons. The Morgan fingerprint density at radius 3 is 1.42 bits per heavy atom. The molecule has 0 bridgehead atoms. The number of hydrogen-bond donors (Lipinski definition) is 0. The summed E-state index contributed by atoms with van der Waals surface area (Å²) in [5, 5.41) is 0. The molecule has 0 amide bonds. The maximum atomic E-state index is 3.83. The van der Waals surface area contributed by atoms with Crippen molar-refractivity contribution in [1.82, 2.24) is 0 Å². The molecule has 0 atom stereocenters. The molecule has 0 saturated carbocycles. The van der Waals surface area contributed by atoms with Crippen molar-refractivity contribution in [3.8, 4) is 0 Å². The van der Waals surface area contributed by atoms with E-state index in [1.807, 2.05) is 55.4 Å². The first-order valence-corrected chi connectivity index (χ1v) is 14.7.